The molecule has 0 unspecified atom stereocenters. The molecule has 0 spiro atoms. The van der Waals surface area contributed by atoms with Crippen molar-refractivity contribution < 1.29 is 4.79 Å². The molecule has 2 fully saturated rings. The number of rotatable bonds is 3. The first kappa shape index (κ1) is 12.9. The lowest BCUT2D eigenvalue weighted by Crippen LogP contribution is -2.44. The van der Waals surface area contributed by atoms with Crippen LogP contribution in [0, 0.1) is 11.8 Å². The third-order valence-electron chi connectivity index (χ3n) is 4.39. The van der Waals surface area contributed by atoms with Crippen molar-refractivity contribution >= 4 is 5.91 Å². The SMILES string of the molecule is CNC[C@@H]1CCCN1C(=O)[C@@H]1CCC[C@@H](C)C1. The minimum absolute atomic E-state index is 0.316. The molecule has 1 heterocycles. The van der Waals surface area contributed by atoms with Gasteiger partial charge in [0.25, 0.3) is 0 Å². The molecule has 3 heteroatoms. The van der Waals surface area contributed by atoms with Crippen molar-refractivity contribution in [1.82, 2.24) is 10.2 Å². The summed E-state index contributed by atoms with van der Waals surface area (Å²) in [4.78, 5) is 14.7. The van der Waals surface area contributed by atoms with Gasteiger partial charge in [0, 0.05) is 25.0 Å². The molecule has 3 nitrogen and oxygen atoms in total. The zero-order chi connectivity index (χ0) is 12.3. The first-order valence-corrected chi connectivity index (χ1v) is 7.17. The molecular weight excluding hydrogens is 212 g/mol. The average molecular weight is 238 g/mol. The van der Waals surface area contributed by atoms with Crippen LogP contribution in [0.15, 0.2) is 0 Å². The van der Waals surface area contributed by atoms with Gasteiger partial charge < -0.3 is 10.2 Å². The van der Waals surface area contributed by atoms with Gasteiger partial charge in [-0.1, -0.05) is 19.8 Å². The molecule has 1 amide bonds. The van der Waals surface area contributed by atoms with Gasteiger partial charge in [0.05, 0.1) is 0 Å². The number of nitrogens with zero attached hydrogens (tertiary/aromatic N) is 1. The topological polar surface area (TPSA) is 32.3 Å². The van der Waals surface area contributed by atoms with Gasteiger partial charge >= 0.3 is 0 Å². The predicted molar refractivity (Wildman–Crippen MR) is 69.8 cm³/mol. The third kappa shape index (κ3) is 3.01. The fourth-order valence-electron chi connectivity index (χ4n) is 3.47. The summed E-state index contributed by atoms with van der Waals surface area (Å²) in [5, 5.41) is 3.21. The van der Waals surface area contributed by atoms with Crippen molar-refractivity contribution in [3.8, 4) is 0 Å². The molecule has 0 bridgehead atoms. The van der Waals surface area contributed by atoms with Crippen LogP contribution in [0.1, 0.15) is 45.4 Å². The van der Waals surface area contributed by atoms with Gasteiger partial charge in [0.15, 0.2) is 0 Å². The van der Waals surface area contributed by atoms with Gasteiger partial charge in [-0.05, 0) is 38.6 Å². The molecule has 3 atom stereocenters. The van der Waals surface area contributed by atoms with Crippen molar-refractivity contribution in [3.63, 3.8) is 0 Å². The van der Waals surface area contributed by atoms with Gasteiger partial charge in [0.2, 0.25) is 5.91 Å². The van der Waals surface area contributed by atoms with Crippen LogP contribution in [0.3, 0.4) is 0 Å². The highest BCUT2D eigenvalue weighted by Gasteiger charge is 2.34. The smallest absolute Gasteiger partial charge is 0.225 e. The minimum Gasteiger partial charge on any atom is -0.338 e. The number of likely N-dealkylation sites (N-methyl/N-ethyl adjacent to an activating group) is 1. The standard InChI is InChI=1S/C14H26N2O/c1-11-5-3-6-12(9-11)14(17)16-8-4-7-13(16)10-15-2/h11-13,15H,3-10H2,1-2H3/t11-,12-,13+/m1/s1. The summed E-state index contributed by atoms with van der Waals surface area (Å²) in [5.74, 6) is 1.49. The second-order valence-corrected chi connectivity index (χ2v) is 5.85. The second kappa shape index (κ2) is 5.85. The van der Waals surface area contributed by atoms with Crippen LogP contribution in [-0.2, 0) is 4.79 Å². The summed E-state index contributed by atoms with van der Waals surface area (Å²) in [5.41, 5.74) is 0. The van der Waals surface area contributed by atoms with Gasteiger partial charge in [-0.25, -0.2) is 0 Å². The van der Waals surface area contributed by atoms with E-state index in [0.29, 0.717) is 17.9 Å². The molecule has 1 saturated heterocycles. The zero-order valence-corrected chi connectivity index (χ0v) is 11.2. The highest BCUT2D eigenvalue weighted by Crippen LogP contribution is 2.31. The van der Waals surface area contributed by atoms with Gasteiger partial charge in [-0.3, -0.25) is 4.79 Å². The van der Waals surface area contributed by atoms with Crippen molar-refractivity contribution in [2.45, 2.75) is 51.5 Å². The molecule has 0 aromatic heterocycles. The molecule has 1 aliphatic heterocycles. The van der Waals surface area contributed by atoms with Gasteiger partial charge in [0.1, 0.15) is 0 Å². The third-order valence-corrected chi connectivity index (χ3v) is 4.39. The van der Waals surface area contributed by atoms with Gasteiger partial charge in [-0.15, -0.1) is 0 Å². The molecule has 1 N–H and O–H groups in total. The van der Waals surface area contributed by atoms with Gasteiger partial charge in [-0.2, -0.15) is 0 Å². The Morgan fingerprint density at radius 3 is 2.82 bits per heavy atom. The number of nitrogens with one attached hydrogen (secondary N) is 1. The zero-order valence-electron chi connectivity index (χ0n) is 11.2. The highest BCUT2D eigenvalue weighted by atomic mass is 16.2. The fraction of sp³-hybridized carbons (Fsp3) is 0.929. The number of carbonyl (C=O) groups is 1. The van der Waals surface area contributed by atoms with E-state index in [9.17, 15) is 4.79 Å². The number of amides is 1. The maximum absolute atomic E-state index is 12.5. The average Bonchev–Trinajstić information content (AvgIpc) is 2.77. The number of carbonyl (C=O) groups excluding carboxylic acids is 1. The van der Waals surface area contributed by atoms with Crippen LogP contribution in [-0.4, -0.2) is 37.0 Å². The number of likely N-dealkylation sites (tertiary alicyclic amines) is 1. The maximum Gasteiger partial charge on any atom is 0.225 e. The lowest BCUT2D eigenvalue weighted by molar-refractivity contribution is -0.137. The van der Waals surface area contributed by atoms with Crippen molar-refractivity contribution in [1.29, 1.82) is 0 Å². The molecule has 17 heavy (non-hydrogen) atoms. The Balaban J connectivity index is 1.93. The fourth-order valence-corrected chi connectivity index (χ4v) is 3.47. The monoisotopic (exact) mass is 238 g/mol. The lowest BCUT2D eigenvalue weighted by Gasteiger charge is -2.32. The number of hydrogen-bond donors (Lipinski definition) is 1. The first-order valence-electron chi connectivity index (χ1n) is 7.17. The van der Waals surface area contributed by atoms with E-state index in [1.807, 2.05) is 7.05 Å². The normalized spacial score (nSPS) is 34.0. The molecule has 0 aromatic carbocycles. The molecule has 0 radical (unpaired) electrons. The van der Waals surface area contributed by atoms with E-state index in [1.54, 1.807) is 0 Å². The summed E-state index contributed by atoms with van der Waals surface area (Å²) >= 11 is 0. The number of hydrogen-bond acceptors (Lipinski definition) is 2. The van der Waals surface area contributed by atoms with E-state index < -0.39 is 0 Å². The molecule has 1 saturated carbocycles. The summed E-state index contributed by atoms with van der Waals surface area (Å²) in [6.07, 6.45) is 7.13. The van der Waals surface area contributed by atoms with E-state index in [4.69, 9.17) is 0 Å². The Hall–Kier alpha value is -0.570. The molecule has 98 valence electrons. The van der Waals surface area contributed by atoms with E-state index in [0.717, 1.165) is 31.8 Å². The van der Waals surface area contributed by atoms with Crippen molar-refractivity contribution in [2.75, 3.05) is 20.1 Å². The van der Waals surface area contributed by atoms with E-state index in [-0.39, 0.29) is 0 Å². The van der Waals surface area contributed by atoms with E-state index >= 15 is 0 Å². The first-order chi connectivity index (χ1) is 8.22. The van der Waals surface area contributed by atoms with Crippen molar-refractivity contribution in [3.05, 3.63) is 0 Å². The molecule has 2 rings (SSSR count). The van der Waals surface area contributed by atoms with Crippen LogP contribution >= 0.6 is 0 Å². The van der Waals surface area contributed by atoms with E-state index in [2.05, 4.69) is 17.1 Å². The summed E-state index contributed by atoms with van der Waals surface area (Å²) < 4.78 is 0. The van der Waals surface area contributed by atoms with Crippen LogP contribution < -0.4 is 5.32 Å². The summed E-state index contributed by atoms with van der Waals surface area (Å²) in [6, 6.07) is 0.449. The lowest BCUT2D eigenvalue weighted by atomic mass is 9.81. The summed E-state index contributed by atoms with van der Waals surface area (Å²) in [6.45, 7) is 4.22. The van der Waals surface area contributed by atoms with E-state index in [1.165, 1.54) is 25.7 Å². The Labute approximate surface area is 105 Å². The minimum atomic E-state index is 0.316. The molecule has 2 aliphatic rings. The predicted octanol–water partition coefficient (Wildman–Crippen LogP) is 2.02. The molecule has 0 aromatic rings. The quantitative estimate of drug-likeness (QED) is 0.816. The van der Waals surface area contributed by atoms with Crippen LogP contribution in [0.5, 0.6) is 0 Å². The summed E-state index contributed by atoms with van der Waals surface area (Å²) in [7, 11) is 1.98. The maximum atomic E-state index is 12.5. The Morgan fingerprint density at radius 2 is 2.12 bits per heavy atom. The highest BCUT2D eigenvalue weighted by molar-refractivity contribution is 5.79. The molecule has 1 aliphatic carbocycles. The second-order valence-electron chi connectivity index (χ2n) is 5.85. The van der Waals surface area contributed by atoms with Crippen LogP contribution in [0.25, 0.3) is 0 Å². The van der Waals surface area contributed by atoms with Crippen LogP contribution in [0.2, 0.25) is 0 Å². The molecular formula is C14H26N2O. The van der Waals surface area contributed by atoms with Crippen molar-refractivity contribution in [2.24, 2.45) is 11.8 Å². The Kier molecular flexibility index (Phi) is 4.43. The Morgan fingerprint density at radius 1 is 1.29 bits per heavy atom. The largest absolute Gasteiger partial charge is 0.338 e. The van der Waals surface area contributed by atoms with Crippen LogP contribution in [0.4, 0.5) is 0 Å². The Bertz CT molecular complexity index is 267.